The summed E-state index contributed by atoms with van der Waals surface area (Å²) in [7, 11) is 0. The van der Waals surface area contributed by atoms with Crippen LogP contribution < -0.4 is 0 Å². The van der Waals surface area contributed by atoms with E-state index in [0.717, 1.165) is 27.5 Å². The molecule has 0 fully saturated rings. The second-order valence-corrected chi connectivity index (χ2v) is 4.99. The molecule has 0 spiro atoms. The zero-order valence-electron chi connectivity index (χ0n) is 9.95. The zero-order valence-corrected chi connectivity index (χ0v) is 10.8. The van der Waals surface area contributed by atoms with Crippen LogP contribution in [0.25, 0.3) is 16.7 Å². The lowest BCUT2D eigenvalue weighted by atomic mass is 10.3. The van der Waals surface area contributed by atoms with Crippen LogP contribution in [0.15, 0.2) is 47.9 Å². The van der Waals surface area contributed by atoms with Crippen LogP contribution in [0.3, 0.4) is 0 Å². The fourth-order valence-corrected chi connectivity index (χ4v) is 2.53. The van der Waals surface area contributed by atoms with Gasteiger partial charge in [-0.25, -0.2) is 14.6 Å². The molecule has 0 N–H and O–H groups in total. The molecule has 0 aliphatic carbocycles. The second kappa shape index (κ2) is 4.78. The molecule has 2 heterocycles. The van der Waals surface area contributed by atoms with E-state index in [2.05, 4.69) is 22.0 Å². The van der Waals surface area contributed by atoms with Crippen molar-refractivity contribution in [2.24, 2.45) is 0 Å². The Morgan fingerprint density at radius 3 is 2.78 bits per heavy atom. The van der Waals surface area contributed by atoms with Gasteiger partial charge in [0.25, 0.3) is 0 Å². The summed E-state index contributed by atoms with van der Waals surface area (Å²) in [4.78, 5) is 8.64. The SMILES string of the molecule is CCSc1ncnc2c1cnn2-c1ccccc1. The van der Waals surface area contributed by atoms with Gasteiger partial charge in [0, 0.05) is 0 Å². The molecule has 0 saturated heterocycles. The van der Waals surface area contributed by atoms with Crippen molar-refractivity contribution in [3.05, 3.63) is 42.9 Å². The van der Waals surface area contributed by atoms with Crippen molar-refractivity contribution < 1.29 is 0 Å². The van der Waals surface area contributed by atoms with Gasteiger partial charge in [-0.05, 0) is 17.9 Å². The first kappa shape index (κ1) is 11.2. The molecule has 0 atom stereocenters. The van der Waals surface area contributed by atoms with Gasteiger partial charge in [0.05, 0.1) is 17.3 Å². The van der Waals surface area contributed by atoms with Crippen molar-refractivity contribution in [3.8, 4) is 5.69 Å². The Labute approximate surface area is 109 Å². The van der Waals surface area contributed by atoms with Crippen LogP contribution in [0.2, 0.25) is 0 Å². The van der Waals surface area contributed by atoms with Crippen LogP contribution in [0.4, 0.5) is 0 Å². The molecule has 3 aromatic rings. The molecule has 0 bridgehead atoms. The first-order valence-electron chi connectivity index (χ1n) is 5.77. The summed E-state index contributed by atoms with van der Waals surface area (Å²) < 4.78 is 1.84. The van der Waals surface area contributed by atoms with Crippen LogP contribution in [-0.4, -0.2) is 25.5 Å². The number of rotatable bonds is 3. The molecule has 0 amide bonds. The molecule has 2 aromatic heterocycles. The summed E-state index contributed by atoms with van der Waals surface area (Å²) in [6.07, 6.45) is 3.43. The van der Waals surface area contributed by atoms with Crippen molar-refractivity contribution in [2.75, 3.05) is 5.75 Å². The Hall–Kier alpha value is -1.88. The smallest absolute Gasteiger partial charge is 0.167 e. The van der Waals surface area contributed by atoms with Gasteiger partial charge in [-0.2, -0.15) is 5.10 Å². The Morgan fingerprint density at radius 1 is 1.17 bits per heavy atom. The largest absolute Gasteiger partial charge is 0.229 e. The highest BCUT2D eigenvalue weighted by Crippen LogP contribution is 2.25. The first-order chi connectivity index (χ1) is 8.90. The van der Waals surface area contributed by atoms with Crippen LogP contribution >= 0.6 is 11.8 Å². The molecule has 0 radical (unpaired) electrons. The van der Waals surface area contributed by atoms with Crippen LogP contribution in [0.1, 0.15) is 6.92 Å². The fourth-order valence-electron chi connectivity index (χ4n) is 1.83. The Bertz CT molecular complexity index is 663. The highest BCUT2D eigenvalue weighted by molar-refractivity contribution is 7.99. The van der Waals surface area contributed by atoms with E-state index in [4.69, 9.17) is 0 Å². The molecule has 0 aliphatic rings. The normalized spacial score (nSPS) is 10.9. The molecule has 0 saturated carbocycles. The minimum atomic E-state index is 0.854. The summed E-state index contributed by atoms with van der Waals surface area (Å²) >= 11 is 1.71. The Kier molecular flexibility index (Phi) is 2.98. The fraction of sp³-hybridized carbons (Fsp3) is 0.154. The third-order valence-electron chi connectivity index (χ3n) is 2.61. The van der Waals surface area contributed by atoms with Gasteiger partial charge >= 0.3 is 0 Å². The average Bonchev–Trinajstić information content (AvgIpc) is 2.85. The van der Waals surface area contributed by atoms with E-state index in [9.17, 15) is 0 Å². The monoisotopic (exact) mass is 256 g/mol. The van der Waals surface area contributed by atoms with E-state index in [1.807, 2.05) is 41.2 Å². The molecule has 90 valence electrons. The lowest BCUT2D eigenvalue weighted by Crippen LogP contribution is -1.97. The van der Waals surface area contributed by atoms with Crippen molar-refractivity contribution in [2.45, 2.75) is 11.9 Å². The van der Waals surface area contributed by atoms with Gasteiger partial charge in [-0.1, -0.05) is 25.1 Å². The molecule has 1 aromatic carbocycles. The number of hydrogen-bond donors (Lipinski definition) is 0. The predicted octanol–water partition coefficient (Wildman–Crippen LogP) is 2.93. The zero-order chi connectivity index (χ0) is 12.4. The van der Waals surface area contributed by atoms with Gasteiger partial charge in [0.2, 0.25) is 0 Å². The van der Waals surface area contributed by atoms with Crippen LogP contribution in [0.5, 0.6) is 0 Å². The van der Waals surface area contributed by atoms with Gasteiger partial charge in [-0.3, -0.25) is 0 Å². The van der Waals surface area contributed by atoms with Gasteiger partial charge in [0.1, 0.15) is 11.4 Å². The lowest BCUT2D eigenvalue weighted by molar-refractivity contribution is 0.893. The summed E-state index contributed by atoms with van der Waals surface area (Å²) in [6, 6.07) is 10.0. The van der Waals surface area contributed by atoms with Gasteiger partial charge in [-0.15, -0.1) is 11.8 Å². The molecule has 3 rings (SSSR count). The van der Waals surface area contributed by atoms with Crippen LogP contribution in [-0.2, 0) is 0 Å². The number of hydrogen-bond acceptors (Lipinski definition) is 4. The Balaban J connectivity index is 2.18. The van der Waals surface area contributed by atoms with E-state index in [0.29, 0.717) is 0 Å². The van der Waals surface area contributed by atoms with Crippen molar-refractivity contribution in [1.29, 1.82) is 0 Å². The number of nitrogens with zero attached hydrogens (tertiary/aromatic N) is 4. The molecule has 18 heavy (non-hydrogen) atoms. The van der Waals surface area contributed by atoms with Crippen molar-refractivity contribution >= 4 is 22.8 Å². The maximum absolute atomic E-state index is 4.41. The number of benzene rings is 1. The van der Waals surface area contributed by atoms with Crippen molar-refractivity contribution in [3.63, 3.8) is 0 Å². The van der Waals surface area contributed by atoms with E-state index in [1.165, 1.54) is 0 Å². The van der Waals surface area contributed by atoms with E-state index < -0.39 is 0 Å². The van der Waals surface area contributed by atoms with E-state index >= 15 is 0 Å². The van der Waals surface area contributed by atoms with Crippen LogP contribution in [0, 0.1) is 0 Å². The maximum atomic E-state index is 4.41. The standard InChI is InChI=1S/C13H12N4S/c1-2-18-13-11-8-16-17(12(11)14-9-15-13)10-6-4-3-5-7-10/h3-9H,2H2,1H3. The third-order valence-corrected chi connectivity index (χ3v) is 3.50. The molecular weight excluding hydrogens is 244 g/mol. The number of aromatic nitrogens is 4. The molecule has 0 unspecified atom stereocenters. The van der Waals surface area contributed by atoms with Gasteiger partial charge in [0.15, 0.2) is 5.65 Å². The highest BCUT2D eigenvalue weighted by atomic mass is 32.2. The third kappa shape index (κ3) is 1.86. The van der Waals surface area contributed by atoms with E-state index in [1.54, 1.807) is 18.1 Å². The predicted molar refractivity (Wildman–Crippen MR) is 73.1 cm³/mol. The number of para-hydroxylation sites is 1. The average molecular weight is 256 g/mol. The Morgan fingerprint density at radius 2 is 2.00 bits per heavy atom. The quantitative estimate of drug-likeness (QED) is 0.534. The molecule has 5 heteroatoms. The topological polar surface area (TPSA) is 43.6 Å². The first-order valence-corrected chi connectivity index (χ1v) is 6.75. The van der Waals surface area contributed by atoms with E-state index in [-0.39, 0.29) is 0 Å². The molecular formula is C13H12N4S. The molecule has 0 aliphatic heterocycles. The summed E-state index contributed by atoms with van der Waals surface area (Å²) in [5, 5.41) is 6.41. The maximum Gasteiger partial charge on any atom is 0.167 e. The second-order valence-electron chi connectivity index (χ2n) is 3.74. The molecule has 4 nitrogen and oxygen atoms in total. The summed E-state index contributed by atoms with van der Waals surface area (Å²) in [6.45, 7) is 2.11. The summed E-state index contributed by atoms with van der Waals surface area (Å²) in [5.41, 5.74) is 1.87. The summed E-state index contributed by atoms with van der Waals surface area (Å²) in [5.74, 6) is 0.989. The number of fused-ring (bicyclic) bond motifs is 1. The number of thioether (sulfide) groups is 1. The minimum Gasteiger partial charge on any atom is -0.229 e. The minimum absolute atomic E-state index is 0.854. The highest BCUT2D eigenvalue weighted by Gasteiger charge is 2.10. The van der Waals surface area contributed by atoms with Crippen molar-refractivity contribution in [1.82, 2.24) is 19.7 Å². The lowest BCUT2D eigenvalue weighted by Gasteiger charge is -2.02. The van der Waals surface area contributed by atoms with Gasteiger partial charge < -0.3 is 0 Å².